The first kappa shape index (κ1) is 11.6. The molecule has 1 saturated carbocycles. The third kappa shape index (κ3) is 2.28. The summed E-state index contributed by atoms with van der Waals surface area (Å²) >= 11 is 3.45. The van der Waals surface area contributed by atoms with E-state index in [-0.39, 0.29) is 0 Å². The van der Waals surface area contributed by atoms with Gasteiger partial charge in [0, 0.05) is 17.4 Å². The van der Waals surface area contributed by atoms with Gasteiger partial charge in [0.2, 0.25) is 0 Å². The zero-order valence-corrected chi connectivity index (χ0v) is 10.9. The van der Waals surface area contributed by atoms with Gasteiger partial charge in [0.25, 0.3) is 0 Å². The lowest BCUT2D eigenvalue weighted by Crippen LogP contribution is -2.41. The summed E-state index contributed by atoms with van der Waals surface area (Å²) in [5.74, 6) is 7.49. The fraction of sp³-hybridized carbons (Fsp3) is 0.417. The van der Waals surface area contributed by atoms with Gasteiger partial charge in [-0.3, -0.25) is 4.99 Å². The van der Waals surface area contributed by atoms with Crippen molar-refractivity contribution in [1.29, 1.82) is 0 Å². The molecule has 4 heteroatoms. The molecule has 0 radical (unpaired) electrons. The molecule has 0 unspecified atom stereocenters. The Morgan fingerprint density at radius 3 is 2.50 bits per heavy atom. The van der Waals surface area contributed by atoms with Crippen LogP contribution >= 0.6 is 15.9 Å². The summed E-state index contributed by atoms with van der Waals surface area (Å²) in [6, 6.07) is 8.56. The predicted octanol–water partition coefficient (Wildman–Crippen LogP) is 2.43. The smallest absolute Gasteiger partial charge is 0.113 e. The van der Waals surface area contributed by atoms with Crippen LogP contribution in [0.4, 0.5) is 0 Å². The van der Waals surface area contributed by atoms with Crippen molar-refractivity contribution in [2.75, 3.05) is 7.05 Å². The van der Waals surface area contributed by atoms with E-state index in [1.54, 1.807) is 7.05 Å². The van der Waals surface area contributed by atoms with Crippen molar-refractivity contribution in [2.24, 2.45) is 16.8 Å². The molecule has 1 aliphatic rings. The van der Waals surface area contributed by atoms with Crippen molar-refractivity contribution in [1.82, 2.24) is 5.43 Å². The van der Waals surface area contributed by atoms with E-state index in [0.717, 1.165) is 23.1 Å². The molecule has 3 N–H and O–H groups in total. The molecule has 1 aromatic rings. The minimum Gasteiger partial charge on any atom is -0.312 e. The zero-order chi connectivity index (χ0) is 11.5. The third-order valence-electron chi connectivity index (χ3n) is 3.25. The van der Waals surface area contributed by atoms with Crippen LogP contribution in [0, 0.1) is 5.92 Å². The van der Waals surface area contributed by atoms with Gasteiger partial charge in [-0.25, -0.2) is 5.84 Å². The second kappa shape index (κ2) is 4.97. The lowest BCUT2D eigenvalue weighted by Gasteiger charge is -2.36. The summed E-state index contributed by atoms with van der Waals surface area (Å²) in [7, 11) is 1.78. The summed E-state index contributed by atoms with van der Waals surface area (Å²) in [6.07, 6.45) is 2.27. The van der Waals surface area contributed by atoms with E-state index < -0.39 is 0 Å². The van der Waals surface area contributed by atoms with Crippen LogP contribution in [0.25, 0.3) is 0 Å². The van der Waals surface area contributed by atoms with Gasteiger partial charge in [0.1, 0.15) is 5.84 Å². The van der Waals surface area contributed by atoms with Gasteiger partial charge in [-0.1, -0.05) is 28.1 Å². The summed E-state index contributed by atoms with van der Waals surface area (Å²) in [5.41, 5.74) is 4.09. The van der Waals surface area contributed by atoms with Crippen molar-refractivity contribution in [3.8, 4) is 0 Å². The van der Waals surface area contributed by atoms with Crippen LogP contribution in [0.5, 0.6) is 0 Å². The number of nitrogens with two attached hydrogens (primary N) is 1. The van der Waals surface area contributed by atoms with Gasteiger partial charge in [-0.05, 0) is 36.5 Å². The van der Waals surface area contributed by atoms with E-state index in [2.05, 4.69) is 50.6 Å². The molecule has 0 spiro atoms. The highest BCUT2D eigenvalue weighted by molar-refractivity contribution is 9.10. The molecule has 1 fully saturated rings. The zero-order valence-electron chi connectivity index (χ0n) is 9.28. The number of aliphatic imine (C=N–C) groups is 1. The van der Waals surface area contributed by atoms with Crippen LogP contribution in [0.3, 0.4) is 0 Å². The lowest BCUT2D eigenvalue weighted by molar-refractivity contribution is 0.338. The fourth-order valence-electron chi connectivity index (χ4n) is 2.21. The fourth-order valence-corrected chi connectivity index (χ4v) is 2.48. The number of benzene rings is 1. The number of halogens is 1. The number of hydrogen-bond acceptors (Lipinski definition) is 2. The summed E-state index contributed by atoms with van der Waals surface area (Å²) < 4.78 is 1.13. The van der Waals surface area contributed by atoms with Crippen LogP contribution < -0.4 is 11.3 Å². The van der Waals surface area contributed by atoms with Gasteiger partial charge < -0.3 is 5.43 Å². The van der Waals surface area contributed by atoms with E-state index in [4.69, 9.17) is 5.84 Å². The summed E-state index contributed by atoms with van der Waals surface area (Å²) in [6.45, 7) is 0. The molecular weight excluding hydrogens is 266 g/mol. The minimum absolute atomic E-state index is 0.503. The van der Waals surface area contributed by atoms with Crippen molar-refractivity contribution < 1.29 is 0 Å². The Balaban J connectivity index is 1.96. The van der Waals surface area contributed by atoms with Crippen LogP contribution in [-0.2, 0) is 0 Å². The van der Waals surface area contributed by atoms with Gasteiger partial charge in [0.05, 0.1) is 0 Å². The average Bonchev–Trinajstić information content (AvgIpc) is 2.24. The van der Waals surface area contributed by atoms with Gasteiger partial charge in [-0.2, -0.15) is 0 Å². The first-order chi connectivity index (χ1) is 7.74. The molecule has 0 aromatic heterocycles. The molecule has 0 amide bonds. The maximum atomic E-state index is 5.41. The van der Waals surface area contributed by atoms with Crippen LogP contribution in [0.15, 0.2) is 33.7 Å². The van der Waals surface area contributed by atoms with Crippen molar-refractivity contribution >= 4 is 21.8 Å². The molecule has 0 atom stereocenters. The Kier molecular flexibility index (Phi) is 3.61. The van der Waals surface area contributed by atoms with Crippen molar-refractivity contribution in [2.45, 2.75) is 18.8 Å². The molecule has 3 nitrogen and oxygen atoms in total. The Bertz CT molecular complexity index is 380. The maximum absolute atomic E-state index is 5.41. The van der Waals surface area contributed by atoms with Gasteiger partial charge >= 0.3 is 0 Å². The van der Waals surface area contributed by atoms with Gasteiger partial charge in [-0.15, -0.1) is 0 Å². The van der Waals surface area contributed by atoms with Crippen LogP contribution in [0.2, 0.25) is 0 Å². The standard InChI is InChI=1S/C12H16BrN3/c1-15-12(16-14)10-6-9(7-10)8-2-4-11(13)5-3-8/h2-5,9-10H,6-7,14H2,1H3,(H,15,16). The molecule has 0 heterocycles. The van der Waals surface area contributed by atoms with Crippen molar-refractivity contribution in [3.05, 3.63) is 34.3 Å². The van der Waals surface area contributed by atoms with Gasteiger partial charge in [0.15, 0.2) is 0 Å². The van der Waals surface area contributed by atoms with E-state index in [1.165, 1.54) is 5.56 Å². The Morgan fingerprint density at radius 1 is 1.38 bits per heavy atom. The third-order valence-corrected chi connectivity index (χ3v) is 3.78. The number of rotatable bonds is 2. The Morgan fingerprint density at radius 2 is 2.00 bits per heavy atom. The molecule has 1 aromatic carbocycles. The number of hydrazine groups is 1. The quantitative estimate of drug-likeness (QED) is 0.379. The van der Waals surface area contributed by atoms with E-state index >= 15 is 0 Å². The molecule has 0 saturated heterocycles. The monoisotopic (exact) mass is 281 g/mol. The average molecular weight is 282 g/mol. The number of amidine groups is 1. The molecule has 16 heavy (non-hydrogen) atoms. The molecule has 0 aliphatic heterocycles. The highest BCUT2D eigenvalue weighted by Crippen LogP contribution is 2.42. The largest absolute Gasteiger partial charge is 0.312 e. The van der Waals surface area contributed by atoms with Crippen LogP contribution in [-0.4, -0.2) is 12.9 Å². The van der Waals surface area contributed by atoms with Crippen LogP contribution in [0.1, 0.15) is 24.3 Å². The normalized spacial score (nSPS) is 25.1. The molecular formula is C12H16BrN3. The minimum atomic E-state index is 0.503. The molecule has 2 rings (SSSR count). The topological polar surface area (TPSA) is 50.4 Å². The van der Waals surface area contributed by atoms with E-state index in [1.807, 2.05) is 0 Å². The Labute approximate surface area is 104 Å². The second-order valence-electron chi connectivity index (χ2n) is 4.17. The molecule has 0 bridgehead atoms. The highest BCUT2D eigenvalue weighted by Gasteiger charge is 2.33. The molecule has 1 aliphatic carbocycles. The second-order valence-corrected chi connectivity index (χ2v) is 5.09. The molecule has 86 valence electrons. The first-order valence-electron chi connectivity index (χ1n) is 5.43. The number of nitrogens with zero attached hydrogens (tertiary/aromatic N) is 1. The predicted molar refractivity (Wildman–Crippen MR) is 70.3 cm³/mol. The number of nitrogens with one attached hydrogen (secondary N) is 1. The number of hydrogen-bond donors (Lipinski definition) is 2. The summed E-state index contributed by atoms with van der Waals surface area (Å²) in [5, 5.41) is 0. The van der Waals surface area contributed by atoms with Crippen molar-refractivity contribution in [3.63, 3.8) is 0 Å². The SMILES string of the molecule is CN=C(NN)C1CC(c2ccc(Br)cc2)C1. The van der Waals surface area contributed by atoms with E-state index in [0.29, 0.717) is 11.8 Å². The van der Waals surface area contributed by atoms with E-state index in [9.17, 15) is 0 Å². The lowest BCUT2D eigenvalue weighted by atomic mass is 9.71. The first-order valence-corrected chi connectivity index (χ1v) is 6.22. The summed E-state index contributed by atoms with van der Waals surface area (Å²) in [4.78, 5) is 4.14. The maximum Gasteiger partial charge on any atom is 0.113 e. The Hall–Kier alpha value is -0.870. The highest BCUT2D eigenvalue weighted by atomic mass is 79.9.